The van der Waals surface area contributed by atoms with Crippen LogP contribution in [0.25, 0.3) is 0 Å². The molecule has 0 aromatic rings. The van der Waals surface area contributed by atoms with Crippen LogP contribution in [0.2, 0.25) is 0 Å². The van der Waals surface area contributed by atoms with Crippen molar-refractivity contribution >= 4 is 0 Å². The molecule has 0 aromatic carbocycles. The third kappa shape index (κ3) is 4.11. The minimum atomic E-state index is -0.628. The fourth-order valence-electron chi connectivity index (χ4n) is 9.22. The van der Waals surface area contributed by atoms with Crippen LogP contribution in [0.1, 0.15) is 112 Å². The predicted octanol–water partition coefficient (Wildman–Crippen LogP) is 8.34. The van der Waals surface area contributed by atoms with E-state index < -0.39 is 5.60 Å². The summed E-state index contributed by atoms with van der Waals surface area (Å²) in [7, 11) is 0. The number of hydrogen-bond acceptors (Lipinski definition) is 1. The summed E-state index contributed by atoms with van der Waals surface area (Å²) in [4.78, 5) is 0. The summed E-state index contributed by atoms with van der Waals surface area (Å²) in [5.41, 5.74) is 1.87. The van der Waals surface area contributed by atoms with E-state index in [-0.39, 0.29) is 0 Å². The lowest BCUT2D eigenvalue weighted by molar-refractivity contribution is -0.0690. The second-order valence-electron chi connectivity index (χ2n) is 13.1. The third-order valence-electron chi connectivity index (χ3n) is 11.0. The summed E-state index contributed by atoms with van der Waals surface area (Å²) in [6, 6.07) is 0. The van der Waals surface area contributed by atoms with Crippen LogP contribution in [-0.2, 0) is 0 Å². The molecule has 0 aliphatic heterocycles. The van der Waals surface area contributed by atoms with E-state index in [1.807, 2.05) is 6.08 Å². The summed E-state index contributed by atoms with van der Waals surface area (Å²) in [5, 5.41) is 11.1. The lowest BCUT2D eigenvalue weighted by Gasteiger charge is -2.59. The molecule has 0 aromatic heterocycles. The zero-order chi connectivity index (χ0) is 22.4. The number of rotatable bonds is 7. The Morgan fingerprint density at radius 1 is 1.03 bits per heavy atom. The summed E-state index contributed by atoms with van der Waals surface area (Å²) >= 11 is 0. The van der Waals surface area contributed by atoms with Crippen molar-refractivity contribution in [1.29, 1.82) is 0 Å². The maximum Gasteiger partial charge on any atom is 0.0865 e. The third-order valence-corrected chi connectivity index (χ3v) is 11.0. The van der Waals surface area contributed by atoms with E-state index in [9.17, 15) is 5.11 Å². The molecule has 0 radical (unpaired) electrons. The fraction of sp³-hybridized carbons (Fsp3) is 0.867. The molecular weight excluding hydrogens is 376 g/mol. The van der Waals surface area contributed by atoms with Gasteiger partial charge in [0.15, 0.2) is 0 Å². The van der Waals surface area contributed by atoms with E-state index in [0.717, 1.165) is 41.9 Å². The average molecular weight is 427 g/mol. The standard InChI is InChI=1S/C30H50O/c1-7-16-30(31)19-18-28(5)23(20-30)11-12-24-26-14-13-25(22(4)10-8-9-21(2)3)29(26,6)17-15-27(24)28/h7,20-22,24-27,31H,1,8-19H2,2-6H3/t22-,24+,25-,26+,27+,28+,29-,30-/m1/s1. The predicted molar refractivity (Wildman–Crippen MR) is 133 cm³/mol. The molecule has 1 N–H and O–H groups in total. The van der Waals surface area contributed by atoms with Gasteiger partial charge >= 0.3 is 0 Å². The number of allylic oxidation sites excluding steroid dienone is 1. The van der Waals surface area contributed by atoms with E-state index in [1.54, 1.807) is 5.57 Å². The molecule has 1 nitrogen and oxygen atoms in total. The van der Waals surface area contributed by atoms with E-state index in [4.69, 9.17) is 0 Å². The van der Waals surface area contributed by atoms with Crippen LogP contribution in [0.15, 0.2) is 24.3 Å². The largest absolute Gasteiger partial charge is 0.385 e. The maximum atomic E-state index is 11.1. The Hall–Kier alpha value is -0.560. The molecule has 0 bridgehead atoms. The first-order chi connectivity index (χ1) is 14.6. The van der Waals surface area contributed by atoms with E-state index >= 15 is 0 Å². The molecule has 4 aliphatic carbocycles. The molecule has 4 aliphatic rings. The van der Waals surface area contributed by atoms with Gasteiger partial charge in [0.25, 0.3) is 0 Å². The first-order valence-corrected chi connectivity index (χ1v) is 13.7. The molecule has 176 valence electrons. The highest BCUT2D eigenvalue weighted by molar-refractivity contribution is 5.28. The minimum absolute atomic E-state index is 0.332. The van der Waals surface area contributed by atoms with Gasteiger partial charge < -0.3 is 5.11 Å². The highest BCUT2D eigenvalue weighted by Crippen LogP contribution is 2.68. The van der Waals surface area contributed by atoms with Crippen molar-refractivity contribution in [3.05, 3.63) is 24.3 Å². The smallest absolute Gasteiger partial charge is 0.0865 e. The fourth-order valence-corrected chi connectivity index (χ4v) is 9.22. The lowest BCUT2D eigenvalue weighted by Crippen LogP contribution is -2.52. The van der Waals surface area contributed by atoms with Gasteiger partial charge in [-0.15, -0.1) is 6.58 Å². The molecule has 0 saturated heterocycles. The van der Waals surface area contributed by atoms with Gasteiger partial charge in [-0.05, 0) is 104 Å². The van der Waals surface area contributed by atoms with E-state index in [2.05, 4.69) is 47.3 Å². The molecule has 3 saturated carbocycles. The van der Waals surface area contributed by atoms with Gasteiger partial charge in [0, 0.05) is 0 Å². The average Bonchev–Trinajstić information content (AvgIpc) is 3.06. The highest BCUT2D eigenvalue weighted by atomic mass is 16.3. The highest BCUT2D eigenvalue weighted by Gasteiger charge is 2.59. The van der Waals surface area contributed by atoms with Crippen LogP contribution in [-0.4, -0.2) is 10.7 Å². The van der Waals surface area contributed by atoms with Crippen molar-refractivity contribution in [3.63, 3.8) is 0 Å². The van der Waals surface area contributed by atoms with Gasteiger partial charge in [0.2, 0.25) is 0 Å². The molecule has 0 amide bonds. The molecule has 31 heavy (non-hydrogen) atoms. The van der Waals surface area contributed by atoms with Crippen molar-refractivity contribution in [2.24, 2.45) is 46.3 Å². The molecule has 3 fully saturated rings. The summed E-state index contributed by atoms with van der Waals surface area (Å²) in [6.07, 6.45) is 19.6. The van der Waals surface area contributed by atoms with Gasteiger partial charge in [-0.25, -0.2) is 0 Å². The summed E-state index contributed by atoms with van der Waals surface area (Å²) < 4.78 is 0. The van der Waals surface area contributed by atoms with Gasteiger partial charge in [-0.2, -0.15) is 0 Å². The number of aliphatic hydroxyl groups is 1. The first-order valence-electron chi connectivity index (χ1n) is 13.7. The molecule has 4 rings (SSSR count). The second-order valence-corrected chi connectivity index (χ2v) is 13.1. The van der Waals surface area contributed by atoms with E-state index in [1.165, 1.54) is 64.2 Å². The summed E-state index contributed by atoms with van der Waals surface area (Å²) in [6.45, 7) is 16.5. The van der Waals surface area contributed by atoms with Crippen LogP contribution < -0.4 is 0 Å². The van der Waals surface area contributed by atoms with Crippen LogP contribution in [0, 0.1) is 46.3 Å². The molecule has 0 spiro atoms. The Kier molecular flexibility index (Phi) is 6.59. The second kappa shape index (κ2) is 8.66. The molecule has 1 heteroatoms. The topological polar surface area (TPSA) is 20.2 Å². The summed E-state index contributed by atoms with van der Waals surface area (Å²) in [5.74, 6) is 5.38. The van der Waals surface area contributed by atoms with Crippen LogP contribution in [0.3, 0.4) is 0 Å². The van der Waals surface area contributed by atoms with Crippen molar-refractivity contribution in [2.45, 2.75) is 117 Å². The quantitative estimate of drug-likeness (QED) is 0.406. The Labute approximate surface area is 193 Å². The van der Waals surface area contributed by atoms with Crippen molar-refractivity contribution in [1.82, 2.24) is 0 Å². The number of hydrogen-bond donors (Lipinski definition) is 1. The first kappa shape index (κ1) is 23.6. The van der Waals surface area contributed by atoms with E-state index in [0.29, 0.717) is 17.3 Å². The Morgan fingerprint density at radius 2 is 1.81 bits per heavy atom. The lowest BCUT2D eigenvalue weighted by atomic mass is 9.46. The Bertz CT molecular complexity index is 691. The number of fused-ring (bicyclic) bond motifs is 5. The molecule has 0 heterocycles. The molecule has 0 unspecified atom stereocenters. The van der Waals surface area contributed by atoms with Crippen molar-refractivity contribution < 1.29 is 5.11 Å². The van der Waals surface area contributed by atoms with Crippen LogP contribution in [0.5, 0.6) is 0 Å². The van der Waals surface area contributed by atoms with Gasteiger partial charge in [0.05, 0.1) is 5.60 Å². The zero-order valence-corrected chi connectivity index (χ0v) is 21.3. The van der Waals surface area contributed by atoms with Crippen LogP contribution >= 0.6 is 0 Å². The van der Waals surface area contributed by atoms with Gasteiger partial charge in [-0.1, -0.05) is 71.6 Å². The Morgan fingerprint density at radius 3 is 2.52 bits per heavy atom. The van der Waals surface area contributed by atoms with Crippen molar-refractivity contribution in [3.8, 4) is 0 Å². The molecule has 8 atom stereocenters. The minimum Gasteiger partial charge on any atom is -0.385 e. The normalized spacial score (nSPS) is 45.5. The molecular formula is C30H50O. The monoisotopic (exact) mass is 426 g/mol. The van der Waals surface area contributed by atoms with Gasteiger partial charge in [-0.3, -0.25) is 0 Å². The van der Waals surface area contributed by atoms with Crippen molar-refractivity contribution in [2.75, 3.05) is 0 Å². The SMILES string of the molecule is C=CC[C@]1(O)C=C2CC[C@H]3[C@@H]4CC[C@H]([C@H](C)CCCC(C)C)[C@@]4(C)CC[C@@H]3[C@@]2(C)CC1. The zero-order valence-electron chi connectivity index (χ0n) is 21.3. The maximum absolute atomic E-state index is 11.1. The van der Waals surface area contributed by atoms with Gasteiger partial charge in [0.1, 0.15) is 0 Å². The van der Waals surface area contributed by atoms with Crippen LogP contribution in [0.4, 0.5) is 0 Å². The Balaban J connectivity index is 1.49.